The molecule has 0 spiro atoms. The molecule has 134 valence electrons. The highest BCUT2D eigenvalue weighted by Gasteiger charge is 2.00. The lowest BCUT2D eigenvalue weighted by molar-refractivity contribution is 0.566. The number of guanidine groups is 1. The molecule has 1 heterocycles. The van der Waals surface area contributed by atoms with Gasteiger partial charge in [-0.05, 0) is 39.7 Å². The topological polar surface area (TPSA) is 54.2 Å². The summed E-state index contributed by atoms with van der Waals surface area (Å²) in [6.07, 6.45) is 6.11. The van der Waals surface area contributed by atoms with Gasteiger partial charge in [-0.1, -0.05) is 26.2 Å². The van der Waals surface area contributed by atoms with Crippen molar-refractivity contribution in [3.05, 3.63) is 17.5 Å². The van der Waals surface area contributed by atoms with E-state index in [9.17, 15) is 0 Å². The van der Waals surface area contributed by atoms with E-state index in [1.165, 1.54) is 31.4 Å². The number of aliphatic imine (C=N–C) groups is 1. The van der Waals surface area contributed by atoms with Crippen LogP contribution in [0.4, 0.5) is 0 Å². The van der Waals surface area contributed by atoms with E-state index in [2.05, 4.69) is 52.2 Å². The molecule has 1 aromatic rings. The average molecular weight is 435 g/mol. The number of unbranched alkanes of at least 4 members (excludes halogenated alkanes) is 3. The van der Waals surface area contributed by atoms with Crippen molar-refractivity contribution in [1.29, 1.82) is 0 Å². The van der Waals surface area contributed by atoms with Crippen LogP contribution in [0.25, 0.3) is 0 Å². The van der Waals surface area contributed by atoms with Gasteiger partial charge in [-0.3, -0.25) is 9.67 Å². The molecule has 0 saturated heterocycles. The molecule has 1 aromatic heterocycles. The first kappa shape index (κ1) is 22.2. The normalized spacial score (nSPS) is 11.2. The van der Waals surface area contributed by atoms with Crippen molar-refractivity contribution in [2.45, 2.75) is 66.3 Å². The number of halogens is 1. The SMILES string of the molecule is CCCCCCNC(=NCCCn1nc(C)cc1C)NCC.I. The highest BCUT2D eigenvalue weighted by Crippen LogP contribution is 2.02. The molecule has 0 aliphatic rings. The largest absolute Gasteiger partial charge is 0.357 e. The van der Waals surface area contributed by atoms with Crippen molar-refractivity contribution in [3.8, 4) is 0 Å². The van der Waals surface area contributed by atoms with Crippen LogP contribution < -0.4 is 10.6 Å². The number of aryl methyl sites for hydroxylation is 3. The standard InChI is InChI=1S/C17H33N5.HI/c1-5-7-8-9-11-19-17(18-6-2)20-12-10-13-22-16(4)14-15(3)21-22;/h14H,5-13H2,1-4H3,(H2,18,19,20);1H. The van der Waals surface area contributed by atoms with Crippen LogP contribution in [0.15, 0.2) is 11.1 Å². The van der Waals surface area contributed by atoms with Gasteiger partial charge < -0.3 is 10.6 Å². The van der Waals surface area contributed by atoms with Crippen molar-refractivity contribution < 1.29 is 0 Å². The molecular formula is C17H34IN5. The Hall–Kier alpha value is -0.790. The molecule has 1 rings (SSSR count). The van der Waals surface area contributed by atoms with Gasteiger partial charge in [-0.15, -0.1) is 24.0 Å². The van der Waals surface area contributed by atoms with Gasteiger partial charge in [-0.25, -0.2) is 0 Å². The molecular weight excluding hydrogens is 401 g/mol. The molecule has 0 bridgehead atoms. The maximum Gasteiger partial charge on any atom is 0.191 e. The molecule has 0 fully saturated rings. The van der Waals surface area contributed by atoms with Gasteiger partial charge in [0.2, 0.25) is 0 Å². The Bertz CT molecular complexity index is 442. The molecule has 0 aliphatic heterocycles. The van der Waals surface area contributed by atoms with Crippen LogP contribution >= 0.6 is 24.0 Å². The maximum atomic E-state index is 4.64. The molecule has 0 amide bonds. The number of nitrogens with one attached hydrogen (secondary N) is 2. The highest BCUT2D eigenvalue weighted by molar-refractivity contribution is 14.0. The molecule has 0 aromatic carbocycles. The summed E-state index contributed by atoms with van der Waals surface area (Å²) < 4.78 is 2.07. The van der Waals surface area contributed by atoms with E-state index >= 15 is 0 Å². The van der Waals surface area contributed by atoms with Gasteiger partial charge in [0.15, 0.2) is 5.96 Å². The monoisotopic (exact) mass is 435 g/mol. The molecule has 0 unspecified atom stereocenters. The van der Waals surface area contributed by atoms with Gasteiger partial charge in [0.25, 0.3) is 0 Å². The fourth-order valence-corrected chi connectivity index (χ4v) is 2.41. The third-order valence-electron chi connectivity index (χ3n) is 3.57. The molecule has 0 aliphatic carbocycles. The first-order valence-electron chi connectivity index (χ1n) is 8.70. The summed E-state index contributed by atoms with van der Waals surface area (Å²) >= 11 is 0. The lowest BCUT2D eigenvalue weighted by Crippen LogP contribution is -2.37. The molecule has 0 saturated carbocycles. The van der Waals surface area contributed by atoms with Crippen molar-refractivity contribution in [2.24, 2.45) is 4.99 Å². The van der Waals surface area contributed by atoms with Crippen LogP contribution in [0, 0.1) is 13.8 Å². The minimum atomic E-state index is 0. The summed E-state index contributed by atoms with van der Waals surface area (Å²) in [5, 5.41) is 11.2. The molecule has 6 heteroatoms. The van der Waals surface area contributed by atoms with E-state index in [1.54, 1.807) is 0 Å². The average Bonchev–Trinajstić information content (AvgIpc) is 2.81. The molecule has 23 heavy (non-hydrogen) atoms. The Kier molecular flexibility index (Phi) is 13.2. The Balaban J connectivity index is 0.00000484. The second-order valence-electron chi connectivity index (χ2n) is 5.75. The molecule has 2 N–H and O–H groups in total. The summed E-state index contributed by atoms with van der Waals surface area (Å²) in [7, 11) is 0. The summed E-state index contributed by atoms with van der Waals surface area (Å²) in [6.45, 7) is 12.1. The van der Waals surface area contributed by atoms with Crippen molar-refractivity contribution in [1.82, 2.24) is 20.4 Å². The zero-order chi connectivity index (χ0) is 16.2. The maximum absolute atomic E-state index is 4.64. The molecule has 0 radical (unpaired) electrons. The van der Waals surface area contributed by atoms with Crippen molar-refractivity contribution in [3.63, 3.8) is 0 Å². The van der Waals surface area contributed by atoms with Crippen LogP contribution in [-0.2, 0) is 6.54 Å². The third-order valence-corrected chi connectivity index (χ3v) is 3.57. The van der Waals surface area contributed by atoms with Gasteiger partial charge in [0, 0.05) is 31.9 Å². The van der Waals surface area contributed by atoms with Gasteiger partial charge in [0.1, 0.15) is 0 Å². The fraction of sp³-hybridized carbons (Fsp3) is 0.765. The smallest absolute Gasteiger partial charge is 0.191 e. The van der Waals surface area contributed by atoms with E-state index in [1.807, 2.05) is 6.92 Å². The Labute approximate surface area is 158 Å². The van der Waals surface area contributed by atoms with Gasteiger partial charge >= 0.3 is 0 Å². The number of rotatable bonds is 10. The van der Waals surface area contributed by atoms with E-state index in [0.29, 0.717) is 0 Å². The molecule has 5 nitrogen and oxygen atoms in total. The summed E-state index contributed by atoms with van der Waals surface area (Å²) in [5.74, 6) is 0.937. The second-order valence-corrected chi connectivity index (χ2v) is 5.75. The lowest BCUT2D eigenvalue weighted by Gasteiger charge is -2.11. The predicted molar refractivity (Wildman–Crippen MR) is 110 cm³/mol. The summed E-state index contributed by atoms with van der Waals surface area (Å²) in [4.78, 5) is 4.64. The van der Waals surface area contributed by atoms with Crippen LogP contribution in [0.3, 0.4) is 0 Å². The number of aromatic nitrogens is 2. The van der Waals surface area contributed by atoms with Crippen LogP contribution in [0.1, 0.15) is 57.3 Å². The zero-order valence-corrected chi connectivity index (χ0v) is 17.5. The van der Waals surface area contributed by atoms with Crippen LogP contribution in [0.2, 0.25) is 0 Å². The third kappa shape index (κ3) is 9.84. The minimum absolute atomic E-state index is 0. The Morgan fingerprint density at radius 3 is 2.52 bits per heavy atom. The first-order chi connectivity index (χ1) is 10.7. The predicted octanol–water partition coefficient (Wildman–Crippen LogP) is 3.64. The van der Waals surface area contributed by atoms with Crippen LogP contribution in [-0.4, -0.2) is 35.4 Å². The quantitative estimate of drug-likeness (QED) is 0.255. The van der Waals surface area contributed by atoms with Gasteiger partial charge in [0.05, 0.1) is 5.69 Å². The second kappa shape index (κ2) is 13.6. The number of nitrogens with zero attached hydrogens (tertiary/aromatic N) is 3. The highest BCUT2D eigenvalue weighted by atomic mass is 127. The first-order valence-corrected chi connectivity index (χ1v) is 8.70. The van der Waals surface area contributed by atoms with Crippen molar-refractivity contribution >= 4 is 29.9 Å². The number of hydrogen-bond donors (Lipinski definition) is 2. The van der Waals surface area contributed by atoms with E-state index in [-0.39, 0.29) is 24.0 Å². The van der Waals surface area contributed by atoms with E-state index < -0.39 is 0 Å². The Morgan fingerprint density at radius 2 is 1.91 bits per heavy atom. The van der Waals surface area contributed by atoms with E-state index in [0.717, 1.165) is 44.3 Å². The molecule has 0 atom stereocenters. The minimum Gasteiger partial charge on any atom is -0.357 e. The lowest BCUT2D eigenvalue weighted by atomic mass is 10.2. The zero-order valence-electron chi connectivity index (χ0n) is 15.2. The van der Waals surface area contributed by atoms with Gasteiger partial charge in [-0.2, -0.15) is 5.10 Å². The number of hydrogen-bond acceptors (Lipinski definition) is 2. The van der Waals surface area contributed by atoms with E-state index in [4.69, 9.17) is 0 Å². The van der Waals surface area contributed by atoms with Crippen LogP contribution in [0.5, 0.6) is 0 Å². The summed E-state index contributed by atoms with van der Waals surface area (Å²) in [6, 6.07) is 2.12. The summed E-state index contributed by atoms with van der Waals surface area (Å²) in [5.41, 5.74) is 2.31. The fourth-order valence-electron chi connectivity index (χ4n) is 2.41. The van der Waals surface area contributed by atoms with Crippen molar-refractivity contribution in [2.75, 3.05) is 19.6 Å². The Morgan fingerprint density at radius 1 is 1.13 bits per heavy atom.